The fourth-order valence-corrected chi connectivity index (χ4v) is 2.12. The Kier molecular flexibility index (Phi) is 3.19. The molecule has 0 aliphatic carbocycles. The quantitative estimate of drug-likeness (QED) is 0.677. The molecule has 1 unspecified atom stereocenters. The van der Waals surface area contributed by atoms with Crippen LogP contribution in [0.15, 0.2) is 0 Å². The third-order valence-electron chi connectivity index (χ3n) is 3.09. The van der Waals surface area contributed by atoms with Crippen molar-refractivity contribution in [3.05, 3.63) is 0 Å². The van der Waals surface area contributed by atoms with Gasteiger partial charge >= 0.3 is 0 Å². The van der Waals surface area contributed by atoms with Crippen molar-refractivity contribution < 1.29 is 4.74 Å². The normalized spacial score (nSPS) is 32.5. The molecule has 2 heterocycles. The first-order valence-electron chi connectivity index (χ1n) is 5.40. The van der Waals surface area contributed by atoms with E-state index in [2.05, 4.69) is 4.90 Å². The van der Waals surface area contributed by atoms with Crippen molar-refractivity contribution in [2.24, 2.45) is 11.7 Å². The standard InChI is InChI=1S/C10H20N2O/c11-10-2-1-4-12(5-3-10)6-9-7-13-8-9/h9-10H,1-8,11H2. The molecule has 2 N–H and O–H groups in total. The number of nitrogens with two attached hydrogens (primary N) is 1. The number of rotatable bonds is 2. The number of hydrogen-bond donors (Lipinski definition) is 1. The van der Waals surface area contributed by atoms with E-state index in [9.17, 15) is 0 Å². The van der Waals surface area contributed by atoms with Gasteiger partial charge < -0.3 is 15.4 Å². The predicted molar refractivity (Wildman–Crippen MR) is 52.6 cm³/mol. The highest BCUT2D eigenvalue weighted by Crippen LogP contribution is 2.15. The maximum Gasteiger partial charge on any atom is 0.0528 e. The number of hydrogen-bond acceptors (Lipinski definition) is 3. The van der Waals surface area contributed by atoms with Gasteiger partial charge in [-0.2, -0.15) is 0 Å². The van der Waals surface area contributed by atoms with Crippen molar-refractivity contribution in [1.82, 2.24) is 4.90 Å². The maximum atomic E-state index is 5.92. The van der Waals surface area contributed by atoms with E-state index in [-0.39, 0.29) is 0 Å². The van der Waals surface area contributed by atoms with E-state index in [0.717, 1.165) is 19.1 Å². The van der Waals surface area contributed by atoms with Gasteiger partial charge in [-0.05, 0) is 32.4 Å². The van der Waals surface area contributed by atoms with Crippen LogP contribution in [0, 0.1) is 5.92 Å². The van der Waals surface area contributed by atoms with Crippen LogP contribution < -0.4 is 5.73 Å². The van der Waals surface area contributed by atoms with Gasteiger partial charge in [0.25, 0.3) is 0 Å². The summed E-state index contributed by atoms with van der Waals surface area (Å²) in [5.74, 6) is 0.800. The minimum absolute atomic E-state index is 0.447. The van der Waals surface area contributed by atoms with Crippen LogP contribution in [0.1, 0.15) is 19.3 Å². The van der Waals surface area contributed by atoms with E-state index in [1.54, 1.807) is 0 Å². The summed E-state index contributed by atoms with van der Waals surface area (Å²) in [5, 5.41) is 0. The van der Waals surface area contributed by atoms with Crippen LogP contribution in [0.25, 0.3) is 0 Å². The SMILES string of the molecule is NC1CCCN(CC2COC2)CC1. The molecule has 0 aromatic heterocycles. The molecule has 0 bridgehead atoms. The highest BCUT2D eigenvalue weighted by molar-refractivity contribution is 4.76. The van der Waals surface area contributed by atoms with Crippen molar-refractivity contribution in [3.8, 4) is 0 Å². The Morgan fingerprint density at radius 1 is 1.23 bits per heavy atom. The van der Waals surface area contributed by atoms with Gasteiger partial charge in [-0.15, -0.1) is 0 Å². The Morgan fingerprint density at radius 3 is 2.77 bits per heavy atom. The van der Waals surface area contributed by atoms with Crippen LogP contribution in [0.4, 0.5) is 0 Å². The third kappa shape index (κ3) is 2.66. The van der Waals surface area contributed by atoms with Gasteiger partial charge in [0.15, 0.2) is 0 Å². The van der Waals surface area contributed by atoms with Crippen molar-refractivity contribution in [2.75, 3.05) is 32.8 Å². The van der Waals surface area contributed by atoms with Gasteiger partial charge in [0.2, 0.25) is 0 Å². The zero-order valence-corrected chi connectivity index (χ0v) is 8.24. The molecule has 2 rings (SSSR count). The predicted octanol–water partition coefficient (Wildman–Crippen LogP) is 0.446. The molecule has 0 aromatic carbocycles. The molecule has 0 radical (unpaired) electrons. The zero-order chi connectivity index (χ0) is 9.10. The maximum absolute atomic E-state index is 5.92. The molecule has 0 spiro atoms. The van der Waals surface area contributed by atoms with Gasteiger partial charge in [-0.25, -0.2) is 0 Å². The minimum atomic E-state index is 0.447. The lowest BCUT2D eigenvalue weighted by atomic mass is 10.1. The van der Waals surface area contributed by atoms with Crippen molar-refractivity contribution in [3.63, 3.8) is 0 Å². The lowest BCUT2D eigenvalue weighted by molar-refractivity contribution is -0.0461. The number of ether oxygens (including phenoxy) is 1. The third-order valence-corrected chi connectivity index (χ3v) is 3.09. The second kappa shape index (κ2) is 4.40. The van der Waals surface area contributed by atoms with Crippen LogP contribution in [-0.2, 0) is 4.74 Å². The molecule has 2 saturated heterocycles. The Balaban J connectivity index is 1.71. The molecule has 76 valence electrons. The van der Waals surface area contributed by atoms with Crippen LogP contribution in [0.3, 0.4) is 0 Å². The molecule has 3 heteroatoms. The second-order valence-electron chi connectivity index (χ2n) is 4.40. The van der Waals surface area contributed by atoms with Gasteiger partial charge in [-0.3, -0.25) is 0 Å². The largest absolute Gasteiger partial charge is 0.381 e. The molecular weight excluding hydrogens is 164 g/mol. The summed E-state index contributed by atoms with van der Waals surface area (Å²) in [7, 11) is 0. The molecular formula is C10H20N2O. The molecule has 0 aromatic rings. The van der Waals surface area contributed by atoms with E-state index in [0.29, 0.717) is 6.04 Å². The van der Waals surface area contributed by atoms with Crippen LogP contribution >= 0.6 is 0 Å². The lowest BCUT2D eigenvalue weighted by Crippen LogP contribution is -2.40. The molecule has 13 heavy (non-hydrogen) atoms. The van der Waals surface area contributed by atoms with Gasteiger partial charge in [0.1, 0.15) is 0 Å². The molecule has 2 aliphatic rings. The van der Waals surface area contributed by atoms with E-state index in [1.807, 2.05) is 0 Å². The number of likely N-dealkylation sites (tertiary alicyclic amines) is 1. The smallest absolute Gasteiger partial charge is 0.0528 e. The molecule has 1 atom stereocenters. The summed E-state index contributed by atoms with van der Waals surface area (Å²) in [6.45, 7) is 5.61. The molecule has 2 aliphatic heterocycles. The number of nitrogens with zero attached hydrogens (tertiary/aromatic N) is 1. The monoisotopic (exact) mass is 184 g/mol. The first-order chi connectivity index (χ1) is 6.34. The minimum Gasteiger partial charge on any atom is -0.381 e. The Labute approximate surface area is 80.2 Å². The first-order valence-corrected chi connectivity index (χ1v) is 5.40. The van der Waals surface area contributed by atoms with Gasteiger partial charge in [0.05, 0.1) is 13.2 Å². The summed E-state index contributed by atoms with van der Waals surface area (Å²) in [5.41, 5.74) is 5.92. The summed E-state index contributed by atoms with van der Waals surface area (Å²) in [4.78, 5) is 2.56. The highest BCUT2D eigenvalue weighted by atomic mass is 16.5. The fourth-order valence-electron chi connectivity index (χ4n) is 2.12. The fraction of sp³-hybridized carbons (Fsp3) is 1.00. The Morgan fingerprint density at radius 2 is 2.08 bits per heavy atom. The van der Waals surface area contributed by atoms with Crippen molar-refractivity contribution >= 4 is 0 Å². The summed E-state index contributed by atoms with van der Waals surface area (Å²) >= 11 is 0. The van der Waals surface area contributed by atoms with E-state index < -0.39 is 0 Å². The van der Waals surface area contributed by atoms with Crippen molar-refractivity contribution in [1.29, 1.82) is 0 Å². The summed E-state index contributed by atoms with van der Waals surface area (Å²) in [6, 6.07) is 0.447. The highest BCUT2D eigenvalue weighted by Gasteiger charge is 2.22. The van der Waals surface area contributed by atoms with Gasteiger partial charge in [-0.1, -0.05) is 0 Å². The van der Waals surface area contributed by atoms with Crippen LogP contribution in [-0.4, -0.2) is 43.8 Å². The second-order valence-corrected chi connectivity index (χ2v) is 4.40. The van der Waals surface area contributed by atoms with Crippen LogP contribution in [0.5, 0.6) is 0 Å². The average Bonchev–Trinajstić information content (AvgIpc) is 2.23. The Bertz CT molecular complexity index is 159. The molecule has 0 saturated carbocycles. The molecule has 0 amide bonds. The topological polar surface area (TPSA) is 38.5 Å². The Hall–Kier alpha value is -0.120. The van der Waals surface area contributed by atoms with Crippen molar-refractivity contribution in [2.45, 2.75) is 25.3 Å². The molecule has 3 nitrogen and oxygen atoms in total. The molecule has 2 fully saturated rings. The summed E-state index contributed by atoms with van der Waals surface area (Å²) < 4.78 is 5.18. The van der Waals surface area contributed by atoms with E-state index in [1.165, 1.54) is 38.9 Å². The average molecular weight is 184 g/mol. The van der Waals surface area contributed by atoms with Gasteiger partial charge in [0, 0.05) is 18.5 Å². The lowest BCUT2D eigenvalue weighted by Gasteiger charge is -2.31. The van der Waals surface area contributed by atoms with Crippen LogP contribution in [0.2, 0.25) is 0 Å². The van der Waals surface area contributed by atoms with E-state index >= 15 is 0 Å². The van der Waals surface area contributed by atoms with E-state index in [4.69, 9.17) is 10.5 Å². The zero-order valence-electron chi connectivity index (χ0n) is 8.24. The summed E-state index contributed by atoms with van der Waals surface area (Å²) in [6.07, 6.45) is 3.65. The first kappa shape index (κ1) is 9.44.